The molecule has 20 aromatic carbocycles. The molecule has 0 unspecified atom stereocenters. The SMILES string of the molecule is CC1(C)c2ccccc2-c2ccc(N(c3ccccc3)c3ccc(-c4ccc(-n5c(-c6ccccn6)c6c7c(cccc75)-c5ccccc5-c5ccccc5-6)cc4)cc3)cc21.c1ccc(-c2c3c4c(cccc4n2-c2ccc(-c4ccc(-n5c6ccccc6c6ccccc65)cc4)cc2)-c2ccccc2-c2ccccc2-3)nc1.c1ccc(-n2cc3c4c(cccc42)-c2ccccc2-c2cc4ccccc4cc2-3)cc1. The Morgan fingerprint density at radius 3 is 1.03 bits per heavy atom. The maximum atomic E-state index is 4.99. The molecule has 26 aromatic rings. The number of hydrogen-bond donors (Lipinski definition) is 0. The van der Waals surface area contributed by atoms with Gasteiger partial charge in [-0.15, -0.1) is 0 Å². The molecule has 0 N–H and O–H groups in total. The van der Waals surface area contributed by atoms with Crippen molar-refractivity contribution in [1.29, 1.82) is 0 Å². The number of nitrogens with zero attached hydrogens (tertiary/aromatic N) is 7. The first-order chi connectivity index (χ1) is 71.3. The zero-order valence-corrected chi connectivity index (χ0v) is 79.2. The number of fused-ring (bicyclic) bond motifs is 22. The van der Waals surface area contributed by atoms with Crippen LogP contribution in [0.2, 0.25) is 0 Å². The van der Waals surface area contributed by atoms with Crippen molar-refractivity contribution >= 4 is 82.3 Å². The fraction of sp³-hybridized carbons (Fsp3) is 0.0219. The molecule has 0 radical (unpaired) electrons. The smallest absolute Gasteiger partial charge is 0.0876 e. The van der Waals surface area contributed by atoms with Crippen LogP contribution in [0.1, 0.15) is 25.0 Å². The minimum Gasteiger partial charge on any atom is -0.316 e. The molecule has 6 aromatic heterocycles. The van der Waals surface area contributed by atoms with Gasteiger partial charge in [-0.25, -0.2) is 0 Å². The van der Waals surface area contributed by atoms with E-state index >= 15 is 0 Å². The number of para-hydroxylation sites is 4. The summed E-state index contributed by atoms with van der Waals surface area (Å²) >= 11 is 0. The lowest BCUT2D eigenvalue weighted by molar-refractivity contribution is 0.660. The van der Waals surface area contributed by atoms with Gasteiger partial charge in [0.15, 0.2) is 0 Å². The van der Waals surface area contributed by atoms with Crippen LogP contribution in [0, 0.1) is 0 Å². The van der Waals surface area contributed by atoms with Gasteiger partial charge in [0, 0.05) is 107 Å². The third-order valence-corrected chi connectivity index (χ3v) is 30.3. The highest BCUT2D eigenvalue weighted by atomic mass is 15.1. The molecule has 4 aliphatic carbocycles. The van der Waals surface area contributed by atoms with E-state index in [2.05, 4.69) is 529 Å². The fourth-order valence-electron chi connectivity index (χ4n) is 23.9. The van der Waals surface area contributed by atoms with Gasteiger partial charge >= 0.3 is 0 Å². The van der Waals surface area contributed by atoms with Gasteiger partial charge in [0.25, 0.3) is 0 Å². The molecule has 0 fully saturated rings. The number of pyridine rings is 2. The highest BCUT2D eigenvalue weighted by molar-refractivity contribution is 6.21. The van der Waals surface area contributed by atoms with E-state index in [-0.39, 0.29) is 5.41 Å². The summed E-state index contributed by atoms with van der Waals surface area (Å²) in [4.78, 5) is 12.3. The zero-order chi connectivity index (χ0) is 95.2. The first kappa shape index (κ1) is 83.4. The summed E-state index contributed by atoms with van der Waals surface area (Å²) in [6.45, 7) is 4.69. The van der Waals surface area contributed by atoms with Crippen molar-refractivity contribution in [2.24, 2.45) is 0 Å². The van der Waals surface area contributed by atoms with E-state index < -0.39 is 0 Å². The molecular weight excluding hydrogens is 1740 g/mol. The normalized spacial score (nSPS) is 12.3. The Bertz CT molecular complexity index is 9570. The lowest BCUT2D eigenvalue weighted by Gasteiger charge is -2.28. The fourth-order valence-corrected chi connectivity index (χ4v) is 23.9. The van der Waals surface area contributed by atoms with E-state index in [4.69, 9.17) is 9.97 Å². The summed E-state index contributed by atoms with van der Waals surface area (Å²) in [5, 5.41) is 8.93. The van der Waals surface area contributed by atoms with Crippen molar-refractivity contribution in [2.75, 3.05) is 4.90 Å². The highest BCUT2D eigenvalue weighted by Gasteiger charge is 2.38. The number of benzene rings is 20. The minimum atomic E-state index is -0.0824. The first-order valence-electron chi connectivity index (χ1n) is 49.6. The van der Waals surface area contributed by atoms with Crippen LogP contribution in [0.3, 0.4) is 0 Å². The van der Waals surface area contributed by atoms with Crippen LogP contribution in [0.15, 0.2) is 516 Å². The predicted octanol–water partition coefficient (Wildman–Crippen LogP) is 36.3. The Morgan fingerprint density at radius 1 is 0.208 bits per heavy atom. The predicted molar refractivity (Wildman–Crippen MR) is 601 cm³/mol. The molecule has 7 heteroatoms. The molecule has 0 spiro atoms. The van der Waals surface area contributed by atoms with Crippen LogP contribution in [0.5, 0.6) is 0 Å². The molecular formula is C137H91N7. The second kappa shape index (κ2) is 33.8. The Morgan fingerprint density at radius 2 is 0.549 bits per heavy atom. The average Bonchev–Trinajstić information content (AvgIpc) is 1.54. The molecule has 144 heavy (non-hydrogen) atoms. The van der Waals surface area contributed by atoms with E-state index in [1.807, 2.05) is 24.5 Å². The summed E-state index contributed by atoms with van der Waals surface area (Å²) in [6, 6.07) is 181. The van der Waals surface area contributed by atoms with Crippen LogP contribution in [-0.2, 0) is 5.41 Å². The Kier molecular flexibility index (Phi) is 19.6. The second-order valence-electron chi connectivity index (χ2n) is 38.5. The van der Waals surface area contributed by atoms with Crippen molar-refractivity contribution < 1.29 is 0 Å². The van der Waals surface area contributed by atoms with E-state index in [1.54, 1.807) is 0 Å². The summed E-state index contributed by atoms with van der Waals surface area (Å²) in [7, 11) is 0. The van der Waals surface area contributed by atoms with Gasteiger partial charge in [-0.05, 0) is 290 Å². The Balaban J connectivity index is 0.000000110. The van der Waals surface area contributed by atoms with Crippen LogP contribution in [0.25, 0.3) is 244 Å². The molecule has 0 bridgehead atoms. The van der Waals surface area contributed by atoms with Crippen LogP contribution in [-0.4, -0.2) is 28.2 Å². The van der Waals surface area contributed by atoms with Crippen molar-refractivity contribution in [3.8, 4) is 179 Å². The third-order valence-electron chi connectivity index (χ3n) is 30.3. The van der Waals surface area contributed by atoms with Crippen LogP contribution >= 0.6 is 0 Å². The van der Waals surface area contributed by atoms with Gasteiger partial charge in [-0.3, -0.25) is 9.97 Å². The highest BCUT2D eigenvalue weighted by Crippen LogP contribution is 2.58. The van der Waals surface area contributed by atoms with E-state index in [0.717, 1.165) is 68.0 Å². The van der Waals surface area contributed by atoms with Gasteiger partial charge in [0.05, 0.1) is 50.4 Å². The van der Waals surface area contributed by atoms with Gasteiger partial charge in [-0.2, -0.15) is 0 Å². The lowest BCUT2D eigenvalue weighted by atomic mass is 9.82. The van der Waals surface area contributed by atoms with Crippen molar-refractivity contribution in [3.63, 3.8) is 0 Å². The molecule has 674 valence electrons. The molecule has 0 amide bonds. The topological polar surface area (TPSA) is 48.7 Å². The summed E-state index contributed by atoms with van der Waals surface area (Å²) in [5.74, 6) is 0. The lowest BCUT2D eigenvalue weighted by Crippen LogP contribution is -2.16. The Labute approximate surface area is 835 Å². The first-order valence-corrected chi connectivity index (χ1v) is 49.6. The van der Waals surface area contributed by atoms with E-state index in [1.165, 1.54) is 205 Å². The number of aromatic nitrogens is 6. The van der Waals surface area contributed by atoms with Crippen molar-refractivity contribution in [2.45, 2.75) is 19.3 Å². The molecule has 0 atom stereocenters. The van der Waals surface area contributed by atoms with E-state index in [9.17, 15) is 0 Å². The van der Waals surface area contributed by atoms with Crippen LogP contribution in [0.4, 0.5) is 17.1 Å². The quantitative estimate of drug-likeness (QED) is 0.130. The summed E-state index contributed by atoms with van der Waals surface area (Å²) < 4.78 is 9.53. The minimum absolute atomic E-state index is 0.0824. The van der Waals surface area contributed by atoms with Gasteiger partial charge in [0.1, 0.15) is 0 Å². The molecule has 30 rings (SSSR count). The third kappa shape index (κ3) is 13.3. The number of rotatable bonds is 11. The molecule has 6 heterocycles. The number of hydrogen-bond acceptors (Lipinski definition) is 3. The molecule has 0 aliphatic heterocycles. The van der Waals surface area contributed by atoms with Gasteiger partial charge in [0.2, 0.25) is 0 Å². The zero-order valence-electron chi connectivity index (χ0n) is 79.2. The van der Waals surface area contributed by atoms with Gasteiger partial charge < -0.3 is 23.2 Å². The molecule has 4 aliphatic rings. The standard InChI is InChI=1S/C58H41N3.C49H31N3.C30H19N/c1-58(2)51-23-11-10-20-47(51)48-35-34-43(37-52(48)58)60(40-15-4-3-5-16-40)41-30-26-38(27-31-41)39-28-32-42(33-29-39)61-54-25-14-22-49-45-18-7-6-17-44(45)46-19-8-9-21-50(46)56(55(49)54)57(61)53-24-12-13-36-59-53;1-2-13-37-36(12-1)38-14-3-4-17-42(38)48-47-41(37)18-11-22-46(47)52(49(48)43-19-9-10-31-50-43)35-29-25-33(26-30-35)32-23-27-34(28-24-32)51-44-20-7-5-15-39(44)40-16-6-8-21-45(40)51;1-2-11-22(12-3-1)31-19-28-27-18-21-10-5-4-9-20(21)17-26(27)24-14-7-6-13-23(24)25-15-8-16-29(31)30(25)28/h3-37H,1-2H3;1-31H;1-19H. The average molecular weight is 1840 g/mol. The van der Waals surface area contributed by atoms with Crippen molar-refractivity contribution in [1.82, 2.24) is 28.2 Å². The molecule has 0 saturated carbocycles. The maximum absolute atomic E-state index is 4.99. The monoisotopic (exact) mass is 1830 g/mol. The molecule has 0 saturated heterocycles. The van der Waals surface area contributed by atoms with E-state index in [0.29, 0.717) is 0 Å². The second-order valence-corrected chi connectivity index (χ2v) is 38.5. The largest absolute Gasteiger partial charge is 0.316 e. The maximum Gasteiger partial charge on any atom is 0.0876 e. The number of anilines is 3. The van der Waals surface area contributed by atoms with Gasteiger partial charge in [-0.1, -0.05) is 360 Å². The molecule has 7 nitrogen and oxygen atoms in total. The summed E-state index contributed by atoms with van der Waals surface area (Å²) in [5.41, 5.74) is 50.7. The summed E-state index contributed by atoms with van der Waals surface area (Å²) in [6.07, 6.45) is 6.12. The van der Waals surface area contributed by atoms with Crippen molar-refractivity contribution in [3.05, 3.63) is 527 Å². The van der Waals surface area contributed by atoms with Crippen LogP contribution < -0.4 is 4.90 Å². The Hall–Kier alpha value is -18.8.